The van der Waals surface area contributed by atoms with Crippen molar-refractivity contribution in [3.8, 4) is 5.75 Å². The molecule has 1 atom stereocenters. The molecule has 192 valence electrons. The number of hydrogen-bond acceptors (Lipinski definition) is 6. The van der Waals surface area contributed by atoms with Crippen LogP contribution in [0, 0.1) is 11.2 Å². The third-order valence-corrected chi connectivity index (χ3v) is 6.69. The fourth-order valence-corrected chi connectivity index (χ4v) is 4.40. The van der Waals surface area contributed by atoms with Crippen molar-refractivity contribution < 1.29 is 36.2 Å². The SMILES string of the molecule is CCC1(CC)CN(c2nc(C(=O)Nc3ccc(OC4CCCOC4)c(F)c3)c(CC(F)(F)F)o2)C1. The lowest BCUT2D eigenvalue weighted by Crippen LogP contribution is -2.56. The summed E-state index contributed by atoms with van der Waals surface area (Å²) in [7, 11) is 0. The topological polar surface area (TPSA) is 76.8 Å². The molecule has 1 unspecified atom stereocenters. The van der Waals surface area contributed by atoms with Crippen molar-refractivity contribution in [2.75, 3.05) is 36.5 Å². The Morgan fingerprint density at radius 3 is 2.63 bits per heavy atom. The molecule has 35 heavy (non-hydrogen) atoms. The van der Waals surface area contributed by atoms with Crippen molar-refractivity contribution in [1.29, 1.82) is 0 Å². The van der Waals surface area contributed by atoms with Crippen molar-refractivity contribution >= 4 is 17.6 Å². The summed E-state index contributed by atoms with van der Waals surface area (Å²) in [5, 5.41) is 2.42. The van der Waals surface area contributed by atoms with E-state index in [4.69, 9.17) is 13.9 Å². The molecule has 0 saturated carbocycles. The molecule has 0 radical (unpaired) electrons. The van der Waals surface area contributed by atoms with E-state index in [1.54, 1.807) is 4.90 Å². The number of nitrogens with zero attached hydrogens (tertiary/aromatic N) is 2. The van der Waals surface area contributed by atoms with Gasteiger partial charge in [0, 0.05) is 36.9 Å². The first-order valence-electron chi connectivity index (χ1n) is 11.8. The van der Waals surface area contributed by atoms with E-state index in [0.29, 0.717) is 26.3 Å². The van der Waals surface area contributed by atoms with Gasteiger partial charge in [-0.3, -0.25) is 4.79 Å². The smallest absolute Gasteiger partial charge is 0.396 e. The van der Waals surface area contributed by atoms with Crippen LogP contribution in [0.3, 0.4) is 0 Å². The summed E-state index contributed by atoms with van der Waals surface area (Å²) >= 11 is 0. The Hall–Kier alpha value is -2.82. The van der Waals surface area contributed by atoms with Gasteiger partial charge in [0.15, 0.2) is 17.3 Å². The molecule has 7 nitrogen and oxygen atoms in total. The summed E-state index contributed by atoms with van der Waals surface area (Å²) in [6.07, 6.45) is -2.90. The third kappa shape index (κ3) is 5.88. The van der Waals surface area contributed by atoms with Gasteiger partial charge in [-0.15, -0.1) is 0 Å². The highest BCUT2D eigenvalue weighted by Gasteiger charge is 2.43. The summed E-state index contributed by atoms with van der Waals surface area (Å²) in [4.78, 5) is 18.6. The molecule has 2 aliphatic rings. The van der Waals surface area contributed by atoms with Gasteiger partial charge in [0.25, 0.3) is 11.9 Å². The number of carbonyl (C=O) groups excluding carboxylic acids is 1. The van der Waals surface area contributed by atoms with Crippen LogP contribution in [0.4, 0.5) is 29.3 Å². The second-order valence-electron chi connectivity index (χ2n) is 9.18. The number of anilines is 2. The molecule has 2 aromatic rings. The van der Waals surface area contributed by atoms with Crippen molar-refractivity contribution in [1.82, 2.24) is 4.98 Å². The van der Waals surface area contributed by atoms with Gasteiger partial charge in [-0.1, -0.05) is 13.8 Å². The summed E-state index contributed by atoms with van der Waals surface area (Å²) in [6.45, 7) is 6.30. The van der Waals surface area contributed by atoms with Crippen molar-refractivity contribution in [3.05, 3.63) is 35.5 Å². The second-order valence-corrected chi connectivity index (χ2v) is 9.18. The maximum atomic E-state index is 14.6. The fraction of sp³-hybridized carbons (Fsp3) is 0.583. The van der Waals surface area contributed by atoms with Gasteiger partial charge in [-0.25, -0.2) is 4.39 Å². The third-order valence-electron chi connectivity index (χ3n) is 6.69. The molecule has 2 fully saturated rings. The average Bonchev–Trinajstić information content (AvgIpc) is 3.18. The van der Waals surface area contributed by atoms with Crippen LogP contribution in [0.5, 0.6) is 5.75 Å². The van der Waals surface area contributed by atoms with E-state index in [1.807, 2.05) is 0 Å². The standard InChI is InChI=1S/C24H29F4N3O4/c1-3-23(4-2)13-31(14-23)22-30-20(19(35-22)11-24(26,27)28)21(32)29-15-7-8-18(17(25)10-15)34-16-6-5-9-33-12-16/h7-8,10,16H,3-6,9,11-14H2,1-2H3,(H,29,32). The van der Waals surface area contributed by atoms with Crippen LogP contribution in [0.25, 0.3) is 0 Å². The normalized spacial score (nSPS) is 19.8. The molecule has 0 bridgehead atoms. The minimum Gasteiger partial charge on any atom is -0.485 e. The van der Waals surface area contributed by atoms with E-state index in [0.717, 1.165) is 31.7 Å². The lowest BCUT2D eigenvalue weighted by molar-refractivity contribution is -0.130. The number of aromatic nitrogens is 1. The van der Waals surface area contributed by atoms with Crippen LogP contribution in [0.15, 0.2) is 22.6 Å². The molecule has 2 aliphatic heterocycles. The molecule has 1 aromatic carbocycles. The Bertz CT molecular complexity index is 1040. The highest BCUT2D eigenvalue weighted by molar-refractivity contribution is 6.03. The van der Waals surface area contributed by atoms with Crippen molar-refractivity contribution in [3.63, 3.8) is 0 Å². The van der Waals surface area contributed by atoms with Crippen LogP contribution in [0.2, 0.25) is 0 Å². The fourth-order valence-electron chi connectivity index (χ4n) is 4.40. The number of carbonyl (C=O) groups is 1. The van der Waals surface area contributed by atoms with Gasteiger partial charge in [-0.05, 0) is 37.8 Å². The zero-order chi connectivity index (χ0) is 25.2. The lowest BCUT2D eigenvalue weighted by Gasteiger charge is -2.49. The maximum Gasteiger partial charge on any atom is 0.396 e. The summed E-state index contributed by atoms with van der Waals surface area (Å²) in [5.41, 5.74) is -0.350. The summed E-state index contributed by atoms with van der Waals surface area (Å²) < 4.78 is 70.3. The molecule has 0 spiro atoms. The zero-order valence-electron chi connectivity index (χ0n) is 19.7. The molecule has 4 rings (SSSR count). The van der Waals surface area contributed by atoms with Gasteiger partial charge in [0.1, 0.15) is 18.3 Å². The average molecular weight is 500 g/mol. The van der Waals surface area contributed by atoms with Gasteiger partial charge >= 0.3 is 6.18 Å². The molecule has 3 heterocycles. The number of ether oxygens (including phenoxy) is 2. The Kier molecular flexibility index (Phi) is 7.25. The van der Waals surface area contributed by atoms with Crippen molar-refractivity contribution in [2.24, 2.45) is 5.41 Å². The Morgan fingerprint density at radius 2 is 2.03 bits per heavy atom. The number of nitrogens with one attached hydrogen (secondary N) is 1. The van der Waals surface area contributed by atoms with E-state index in [-0.39, 0.29) is 29.0 Å². The van der Waals surface area contributed by atoms with E-state index >= 15 is 0 Å². The molecule has 1 aromatic heterocycles. The molecular formula is C24H29F4N3O4. The molecular weight excluding hydrogens is 470 g/mol. The Morgan fingerprint density at radius 1 is 1.29 bits per heavy atom. The highest BCUT2D eigenvalue weighted by Crippen LogP contribution is 2.40. The number of halogens is 4. The molecule has 0 aliphatic carbocycles. The maximum absolute atomic E-state index is 14.6. The number of oxazole rings is 1. The number of benzene rings is 1. The van der Waals surface area contributed by atoms with Crippen LogP contribution in [-0.4, -0.2) is 49.5 Å². The Balaban J connectivity index is 1.49. The largest absolute Gasteiger partial charge is 0.485 e. The number of alkyl halides is 3. The lowest BCUT2D eigenvalue weighted by atomic mass is 9.75. The Labute approximate surface area is 200 Å². The van der Waals surface area contributed by atoms with Gasteiger partial charge in [-0.2, -0.15) is 18.2 Å². The van der Waals surface area contributed by atoms with Crippen molar-refractivity contribution in [2.45, 2.75) is 58.2 Å². The van der Waals surface area contributed by atoms with Gasteiger partial charge in [0.05, 0.1) is 6.61 Å². The van der Waals surface area contributed by atoms with E-state index in [1.165, 1.54) is 12.1 Å². The number of amides is 1. The molecule has 2 saturated heterocycles. The molecule has 1 amide bonds. The highest BCUT2D eigenvalue weighted by atomic mass is 19.4. The van der Waals surface area contributed by atoms with Gasteiger partial charge < -0.3 is 24.1 Å². The van der Waals surface area contributed by atoms with Crippen LogP contribution < -0.4 is 15.0 Å². The van der Waals surface area contributed by atoms with E-state index < -0.39 is 35.8 Å². The predicted molar refractivity (Wildman–Crippen MR) is 120 cm³/mol. The molecule has 11 heteroatoms. The first-order valence-corrected chi connectivity index (χ1v) is 11.8. The van der Waals surface area contributed by atoms with E-state index in [2.05, 4.69) is 24.1 Å². The summed E-state index contributed by atoms with van der Waals surface area (Å²) in [5.74, 6) is -2.19. The number of rotatable bonds is 8. The van der Waals surface area contributed by atoms with Gasteiger partial charge in [0.2, 0.25) is 0 Å². The van der Waals surface area contributed by atoms with Crippen LogP contribution >= 0.6 is 0 Å². The summed E-state index contributed by atoms with van der Waals surface area (Å²) in [6, 6.07) is 3.81. The first-order chi connectivity index (χ1) is 16.6. The zero-order valence-corrected chi connectivity index (χ0v) is 19.7. The van der Waals surface area contributed by atoms with Crippen LogP contribution in [0.1, 0.15) is 55.8 Å². The first kappa shape index (κ1) is 25.3. The second kappa shape index (κ2) is 10.0. The minimum absolute atomic E-state index is 0.00750. The van der Waals surface area contributed by atoms with E-state index in [9.17, 15) is 22.4 Å². The number of hydrogen-bond donors (Lipinski definition) is 1. The quantitative estimate of drug-likeness (QED) is 0.493. The van der Waals surface area contributed by atoms with Crippen LogP contribution in [-0.2, 0) is 11.2 Å². The molecule has 1 N–H and O–H groups in total. The minimum atomic E-state index is -4.59. The monoisotopic (exact) mass is 499 g/mol. The predicted octanol–water partition coefficient (Wildman–Crippen LogP) is 5.36.